The Morgan fingerprint density at radius 2 is 2.11 bits per heavy atom. The van der Waals surface area contributed by atoms with Crippen LogP contribution in [0.2, 0.25) is 0 Å². The number of hydrogen-bond acceptors (Lipinski definition) is 5. The Morgan fingerprint density at radius 3 is 2.84 bits per heavy atom. The lowest BCUT2D eigenvalue weighted by Crippen LogP contribution is -2.46. The maximum absolute atomic E-state index is 5.56. The average Bonchev–Trinajstić information content (AvgIpc) is 2.84. The molecule has 19 heavy (non-hydrogen) atoms. The van der Waals surface area contributed by atoms with E-state index in [2.05, 4.69) is 10.5 Å². The molecular weight excluding hydrogens is 244 g/mol. The number of ether oxygens (including phenoxy) is 2. The molecule has 2 aromatic rings. The number of nitrogens with zero attached hydrogens (tertiary/aromatic N) is 1. The van der Waals surface area contributed by atoms with E-state index in [-0.39, 0.29) is 0 Å². The van der Waals surface area contributed by atoms with Crippen molar-refractivity contribution in [3.8, 4) is 11.6 Å². The van der Waals surface area contributed by atoms with Crippen molar-refractivity contribution in [1.29, 1.82) is 0 Å². The van der Waals surface area contributed by atoms with Gasteiger partial charge in [0, 0.05) is 12.1 Å². The quantitative estimate of drug-likeness (QED) is 0.860. The highest BCUT2D eigenvalue weighted by Crippen LogP contribution is 2.16. The van der Waals surface area contributed by atoms with Gasteiger partial charge in [-0.15, -0.1) is 0 Å². The second-order valence-corrected chi connectivity index (χ2v) is 4.48. The summed E-state index contributed by atoms with van der Waals surface area (Å²) in [6.07, 6.45) is 1.15. The Bertz CT molecular complexity index is 508. The summed E-state index contributed by atoms with van der Waals surface area (Å²) >= 11 is 0. The van der Waals surface area contributed by atoms with Gasteiger partial charge in [-0.2, -0.15) is 0 Å². The SMILES string of the molecule is c1ccc(OCc2cc(OC[C@@H]3CCN3)no2)cc1. The fourth-order valence-corrected chi connectivity index (χ4v) is 1.78. The molecule has 100 valence electrons. The summed E-state index contributed by atoms with van der Waals surface area (Å²) in [5.41, 5.74) is 0. The first-order valence-electron chi connectivity index (χ1n) is 6.40. The molecule has 0 saturated carbocycles. The van der Waals surface area contributed by atoms with Crippen molar-refractivity contribution >= 4 is 0 Å². The van der Waals surface area contributed by atoms with Crippen molar-refractivity contribution in [2.45, 2.75) is 19.1 Å². The van der Waals surface area contributed by atoms with Gasteiger partial charge in [-0.1, -0.05) is 18.2 Å². The van der Waals surface area contributed by atoms with Gasteiger partial charge in [0.1, 0.15) is 19.0 Å². The predicted molar refractivity (Wildman–Crippen MR) is 69.2 cm³/mol. The van der Waals surface area contributed by atoms with Gasteiger partial charge in [-0.05, 0) is 30.3 Å². The zero-order chi connectivity index (χ0) is 12.9. The topological polar surface area (TPSA) is 56.5 Å². The molecule has 2 heterocycles. The predicted octanol–water partition coefficient (Wildman–Crippen LogP) is 1.99. The zero-order valence-electron chi connectivity index (χ0n) is 10.5. The molecular formula is C14H16N2O3. The lowest BCUT2D eigenvalue weighted by molar-refractivity contribution is 0.199. The van der Waals surface area contributed by atoms with Gasteiger partial charge in [0.05, 0.1) is 0 Å². The molecule has 3 rings (SSSR count). The standard InChI is InChI=1S/C14H16N2O3/c1-2-4-12(5-3-1)17-10-13-8-14(16-19-13)18-9-11-6-7-15-11/h1-5,8,11,15H,6-7,9-10H2/t11-/m0/s1. The van der Waals surface area contributed by atoms with Gasteiger partial charge < -0.3 is 19.3 Å². The third kappa shape index (κ3) is 3.26. The Hall–Kier alpha value is -2.01. The van der Waals surface area contributed by atoms with Crippen molar-refractivity contribution in [2.24, 2.45) is 0 Å². The highest BCUT2D eigenvalue weighted by molar-refractivity contribution is 5.21. The lowest BCUT2D eigenvalue weighted by Gasteiger charge is -2.26. The summed E-state index contributed by atoms with van der Waals surface area (Å²) < 4.78 is 16.2. The van der Waals surface area contributed by atoms with Gasteiger partial charge in [0.2, 0.25) is 0 Å². The normalized spacial score (nSPS) is 17.8. The fraction of sp³-hybridized carbons (Fsp3) is 0.357. The number of nitrogens with one attached hydrogen (secondary N) is 1. The molecule has 0 spiro atoms. The molecule has 0 amide bonds. The maximum atomic E-state index is 5.56. The van der Waals surface area contributed by atoms with Crippen LogP contribution in [0.15, 0.2) is 40.9 Å². The zero-order valence-corrected chi connectivity index (χ0v) is 10.5. The largest absolute Gasteiger partial charge is 0.486 e. The van der Waals surface area contributed by atoms with Crippen LogP contribution in [0.5, 0.6) is 11.6 Å². The highest BCUT2D eigenvalue weighted by atomic mass is 16.5. The third-order valence-electron chi connectivity index (χ3n) is 3.02. The third-order valence-corrected chi connectivity index (χ3v) is 3.02. The van der Waals surface area contributed by atoms with E-state index >= 15 is 0 Å². The Balaban J connectivity index is 1.47. The van der Waals surface area contributed by atoms with Crippen LogP contribution in [0.3, 0.4) is 0 Å². The van der Waals surface area contributed by atoms with Crippen molar-refractivity contribution in [1.82, 2.24) is 10.5 Å². The van der Waals surface area contributed by atoms with Crippen LogP contribution in [0.1, 0.15) is 12.2 Å². The molecule has 0 bridgehead atoms. The Labute approximate surface area is 111 Å². The second-order valence-electron chi connectivity index (χ2n) is 4.48. The summed E-state index contributed by atoms with van der Waals surface area (Å²) in [6.45, 7) is 2.05. The summed E-state index contributed by atoms with van der Waals surface area (Å²) in [5, 5.41) is 7.11. The number of hydrogen-bond donors (Lipinski definition) is 1. The van der Waals surface area contributed by atoms with Crippen LogP contribution >= 0.6 is 0 Å². The molecule has 1 atom stereocenters. The first-order chi connectivity index (χ1) is 9.40. The molecule has 5 nitrogen and oxygen atoms in total. The molecule has 0 radical (unpaired) electrons. The minimum Gasteiger partial charge on any atom is -0.486 e. The average molecular weight is 260 g/mol. The van der Waals surface area contributed by atoms with E-state index in [0.717, 1.165) is 18.7 Å². The van der Waals surface area contributed by atoms with Gasteiger partial charge >= 0.3 is 0 Å². The van der Waals surface area contributed by atoms with Crippen molar-refractivity contribution in [2.75, 3.05) is 13.2 Å². The van der Waals surface area contributed by atoms with Crippen LogP contribution in [-0.2, 0) is 6.61 Å². The van der Waals surface area contributed by atoms with E-state index in [4.69, 9.17) is 14.0 Å². The number of aromatic nitrogens is 1. The molecule has 0 unspecified atom stereocenters. The molecule has 1 aromatic carbocycles. The minimum atomic E-state index is 0.349. The molecule has 1 saturated heterocycles. The van der Waals surface area contributed by atoms with Crippen LogP contribution < -0.4 is 14.8 Å². The van der Waals surface area contributed by atoms with E-state index in [1.165, 1.54) is 0 Å². The van der Waals surface area contributed by atoms with Gasteiger partial charge in [-0.25, -0.2) is 0 Å². The smallest absolute Gasteiger partial charge is 0.254 e. The minimum absolute atomic E-state index is 0.349. The van der Waals surface area contributed by atoms with Crippen molar-refractivity contribution in [3.05, 3.63) is 42.2 Å². The van der Waals surface area contributed by atoms with Crippen LogP contribution in [-0.4, -0.2) is 24.4 Å². The summed E-state index contributed by atoms with van der Waals surface area (Å²) in [5.74, 6) is 1.97. The first kappa shape index (κ1) is 12.0. The number of para-hydroxylation sites is 1. The van der Waals surface area contributed by atoms with Crippen molar-refractivity contribution < 1.29 is 14.0 Å². The van der Waals surface area contributed by atoms with E-state index < -0.39 is 0 Å². The molecule has 0 aliphatic carbocycles. The fourth-order valence-electron chi connectivity index (χ4n) is 1.78. The molecule has 1 fully saturated rings. The van der Waals surface area contributed by atoms with E-state index in [0.29, 0.717) is 30.9 Å². The summed E-state index contributed by atoms with van der Waals surface area (Å²) in [4.78, 5) is 0. The van der Waals surface area contributed by atoms with E-state index in [1.807, 2.05) is 30.3 Å². The van der Waals surface area contributed by atoms with E-state index in [1.54, 1.807) is 6.07 Å². The Morgan fingerprint density at radius 1 is 1.26 bits per heavy atom. The van der Waals surface area contributed by atoms with E-state index in [9.17, 15) is 0 Å². The van der Waals surface area contributed by atoms with Crippen LogP contribution in [0.4, 0.5) is 0 Å². The highest BCUT2D eigenvalue weighted by Gasteiger charge is 2.17. The van der Waals surface area contributed by atoms with Crippen LogP contribution in [0.25, 0.3) is 0 Å². The van der Waals surface area contributed by atoms with Crippen molar-refractivity contribution in [3.63, 3.8) is 0 Å². The summed E-state index contributed by atoms with van der Waals surface area (Å²) in [6, 6.07) is 11.8. The first-order valence-corrected chi connectivity index (χ1v) is 6.40. The molecule has 1 aliphatic rings. The molecule has 1 aliphatic heterocycles. The summed E-state index contributed by atoms with van der Waals surface area (Å²) in [7, 11) is 0. The molecule has 1 N–H and O–H groups in total. The number of benzene rings is 1. The monoisotopic (exact) mass is 260 g/mol. The Kier molecular flexibility index (Phi) is 3.65. The maximum Gasteiger partial charge on any atom is 0.254 e. The van der Waals surface area contributed by atoms with Gasteiger partial charge in [0.15, 0.2) is 5.76 Å². The molecule has 1 aromatic heterocycles. The van der Waals surface area contributed by atoms with Gasteiger partial charge in [-0.3, -0.25) is 0 Å². The number of rotatable bonds is 6. The second kappa shape index (κ2) is 5.75. The van der Waals surface area contributed by atoms with Gasteiger partial charge in [0.25, 0.3) is 5.88 Å². The molecule has 5 heteroatoms. The van der Waals surface area contributed by atoms with Crippen LogP contribution in [0, 0.1) is 0 Å². The lowest BCUT2D eigenvalue weighted by atomic mass is 10.1.